The van der Waals surface area contributed by atoms with Gasteiger partial charge in [0.15, 0.2) is 0 Å². The highest BCUT2D eigenvalue weighted by Crippen LogP contribution is 2.55. The van der Waals surface area contributed by atoms with Gasteiger partial charge in [0, 0.05) is 12.1 Å². The minimum Gasteiger partial charge on any atom is -0.310 e. The van der Waals surface area contributed by atoms with Crippen molar-refractivity contribution in [1.82, 2.24) is 5.32 Å². The van der Waals surface area contributed by atoms with Gasteiger partial charge in [0.05, 0.1) is 0 Å². The van der Waals surface area contributed by atoms with E-state index in [4.69, 9.17) is 0 Å². The largest absolute Gasteiger partial charge is 0.310 e. The molecule has 1 atom stereocenters. The Morgan fingerprint density at radius 3 is 1.81 bits per heavy atom. The summed E-state index contributed by atoms with van der Waals surface area (Å²) in [7, 11) is 0. The Balaban J connectivity index is 1.49. The summed E-state index contributed by atoms with van der Waals surface area (Å²) in [6.45, 7) is 4.83. The van der Waals surface area contributed by atoms with Crippen LogP contribution in [0.2, 0.25) is 0 Å². The van der Waals surface area contributed by atoms with Gasteiger partial charge in [0.25, 0.3) is 0 Å². The van der Waals surface area contributed by atoms with Gasteiger partial charge >= 0.3 is 0 Å². The van der Waals surface area contributed by atoms with Crippen LogP contribution in [0.4, 0.5) is 0 Å². The molecular formula is C15H25N. The van der Waals surface area contributed by atoms with Gasteiger partial charge in [-0.25, -0.2) is 0 Å². The lowest BCUT2D eigenvalue weighted by Gasteiger charge is -2.54. The lowest BCUT2D eigenvalue weighted by Crippen LogP contribution is -2.55. The highest BCUT2D eigenvalue weighted by atomic mass is 15.0. The molecule has 5 rings (SSSR count). The van der Waals surface area contributed by atoms with Crippen molar-refractivity contribution in [3.05, 3.63) is 0 Å². The van der Waals surface area contributed by atoms with Crippen molar-refractivity contribution in [1.29, 1.82) is 0 Å². The van der Waals surface area contributed by atoms with E-state index in [0.29, 0.717) is 5.41 Å². The molecular weight excluding hydrogens is 194 g/mol. The first-order chi connectivity index (χ1) is 7.62. The molecule has 1 unspecified atom stereocenters. The van der Waals surface area contributed by atoms with Crippen LogP contribution in [0.1, 0.15) is 52.4 Å². The van der Waals surface area contributed by atoms with Crippen molar-refractivity contribution < 1.29 is 0 Å². The fourth-order valence-corrected chi connectivity index (χ4v) is 5.18. The number of rotatable bonds is 2. The Bertz CT molecular complexity index is 279. The third-order valence-corrected chi connectivity index (χ3v) is 6.13. The molecule has 5 aliphatic rings. The van der Waals surface area contributed by atoms with Crippen LogP contribution in [0.25, 0.3) is 0 Å². The SMILES string of the molecule is CC1(C)CC1NC1C2CC3CC(C2)CC1C3. The van der Waals surface area contributed by atoms with Crippen LogP contribution in [0.15, 0.2) is 0 Å². The second-order valence-corrected chi connectivity index (χ2v) is 7.87. The van der Waals surface area contributed by atoms with E-state index in [0.717, 1.165) is 35.8 Å². The van der Waals surface area contributed by atoms with Crippen LogP contribution in [0.3, 0.4) is 0 Å². The van der Waals surface area contributed by atoms with E-state index >= 15 is 0 Å². The minimum atomic E-state index is 0.606. The van der Waals surface area contributed by atoms with Gasteiger partial charge in [-0.15, -0.1) is 0 Å². The van der Waals surface area contributed by atoms with Crippen LogP contribution in [-0.4, -0.2) is 12.1 Å². The van der Waals surface area contributed by atoms with Crippen LogP contribution in [0.5, 0.6) is 0 Å². The summed E-state index contributed by atoms with van der Waals surface area (Å²) < 4.78 is 0. The highest BCUT2D eigenvalue weighted by Gasteiger charge is 2.52. The molecule has 0 radical (unpaired) electrons. The topological polar surface area (TPSA) is 12.0 Å². The molecule has 1 nitrogen and oxygen atoms in total. The maximum atomic E-state index is 4.03. The third-order valence-electron chi connectivity index (χ3n) is 6.13. The quantitative estimate of drug-likeness (QED) is 0.752. The van der Waals surface area contributed by atoms with Crippen molar-refractivity contribution in [3.63, 3.8) is 0 Å². The van der Waals surface area contributed by atoms with Gasteiger partial charge in [-0.05, 0) is 67.6 Å². The molecule has 16 heavy (non-hydrogen) atoms. The average molecular weight is 219 g/mol. The molecule has 0 aromatic heterocycles. The van der Waals surface area contributed by atoms with Gasteiger partial charge < -0.3 is 5.32 Å². The summed E-state index contributed by atoms with van der Waals surface area (Å²) in [5, 5.41) is 4.03. The molecule has 0 aromatic carbocycles. The van der Waals surface area contributed by atoms with E-state index < -0.39 is 0 Å². The number of nitrogens with one attached hydrogen (secondary N) is 1. The molecule has 1 N–H and O–H groups in total. The molecule has 0 saturated heterocycles. The maximum absolute atomic E-state index is 4.03. The van der Waals surface area contributed by atoms with E-state index in [1.807, 2.05) is 0 Å². The summed E-state index contributed by atoms with van der Waals surface area (Å²) in [5.41, 5.74) is 0.606. The second-order valence-electron chi connectivity index (χ2n) is 7.87. The first-order valence-electron chi connectivity index (χ1n) is 7.38. The molecule has 90 valence electrons. The van der Waals surface area contributed by atoms with Crippen molar-refractivity contribution >= 4 is 0 Å². The van der Waals surface area contributed by atoms with Crippen molar-refractivity contribution in [2.45, 2.75) is 64.5 Å². The Morgan fingerprint density at radius 2 is 1.38 bits per heavy atom. The van der Waals surface area contributed by atoms with Crippen molar-refractivity contribution in [3.8, 4) is 0 Å². The lowest BCUT2D eigenvalue weighted by atomic mass is 9.54. The Labute approximate surface area is 99.4 Å². The Kier molecular flexibility index (Phi) is 1.89. The van der Waals surface area contributed by atoms with Crippen LogP contribution >= 0.6 is 0 Å². The molecule has 0 heterocycles. The molecule has 0 aromatic rings. The Hall–Kier alpha value is -0.0400. The zero-order valence-corrected chi connectivity index (χ0v) is 10.7. The van der Waals surface area contributed by atoms with Gasteiger partial charge in [0.1, 0.15) is 0 Å². The predicted molar refractivity (Wildman–Crippen MR) is 66.2 cm³/mol. The third kappa shape index (κ3) is 1.40. The normalized spacial score (nSPS) is 56.6. The van der Waals surface area contributed by atoms with Gasteiger partial charge in [-0.3, -0.25) is 0 Å². The first-order valence-corrected chi connectivity index (χ1v) is 7.38. The van der Waals surface area contributed by atoms with Crippen molar-refractivity contribution in [2.75, 3.05) is 0 Å². The Morgan fingerprint density at radius 1 is 0.875 bits per heavy atom. The summed E-state index contributed by atoms with van der Waals surface area (Å²) in [5.74, 6) is 4.33. The molecule has 0 spiro atoms. The molecule has 5 saturated carbocycles. The van der Waals surface area contributed by atoms with Crippen LogP contribution in [-0.2, 0) is 0 Å². The summed E-state index contributed by atoms with van der Waals surface area (Å²) in [4.78, 5) is 0. The van der Waals surface area contributed by atoms with E-state index in [1.54, 1.807) is 32.1 Å². The standard InChI is InChI=1S/C15H25N/c1-15(2)8-13(15)16-14-11-4-9-3-10(6-11)7-12(14)5-9/h9-14,16H,3-8H2,1-2H3. The zero-order valence-electron chi connectivity index (χ0n) is 10.7. The average Bonchev–Trinajstić information content (AvgIpc) is 2.79. The molecule has 0 aliphatic heterocycles. The van der Waals surface area contributed by atoms with Crippen LogP contribution in [0, 0.1) is 29.1 Å². The van der Waals surface area contributed by atoms with Gasteiger partial charge in [-0.2, -0.15) is 0 Å². The number of hydrogen-bond acceptors (Lipinski definition) is 1. The zero-order chi connectivity index (χ0) is 10.9. The summed E-state index contributed by atoms with van der Waals surface area (Å²) in [6.07, 6.45) is 9.20. The van der Waals surface area contributed by atoms with Crippen LogP contribution < -0.4 is 5.32 Å². The van der Waals surface area contributed by atoms with Gasteiger partial charge in [-0.1, -0.05) is 13.8 Å². The fraction of sp³-hybridized carbons (Fsp3) is 1.00. The predicted octanol–water partition coefficient (Wildman–Crippen LogP) is 3.20. The second kappa shape index (κ2) is 3.04. The fourth-order valence-electron chi connectivity index (χ4n) is 5.18. The van der Waals surface area contributed by atoms with Crippen molar-refractivity contribution in [2.24, 2.45) is 29.1 Å². The summed E-state index contributed by atoms with van der Waals surface area (Å²) in [6, 6.07) is 1.75. The molecule has 5 aliphatic carbocycles. The minimum absolute atomic E-state index is 0.606. The molecule has 0 amide bonds. The lowest BCUT2D eigenvalue weighted by molar-refractivity contribution is -0.0152. The molecule has 1 heteroatoms. The highest BCUT2D eigenvalue weighted by molar-refractivity contribution is 5.08. The molecule has 4 bridgehead atoms. The molecule has 5 fully saturated rings. The maximum Gasteiger partial charge on any atom is 0.0127 e. The number of hydrogen-bond donors (Lipinski definition) is 1. The van der Waals surface area contributed by atoms with E-state index in [-0.39, 0.29) is 0 Å². The van der Waals surface area contributed by atoms with E-state index in [2.05, 4.69) is 19.2 Å². The van der Waals surface area contributed by atoms with E-state index in [1.165, 1.54) is 6.42 Å². The first kappa shape index (κ1) is 9.94. The monoisotopic (exact) mass is 219 g/mol. The summed E-state index contributed by atoms with van der Waals surface area (Å²) >= 11 is 0. The van der Waals surface area contributed by atoms with E-state index in [9.17, 15) is 0 Å². The van der Waals surface area contributed by atoms with Gasteiger partial charge in [0.2, 0.25) is 0 Å². The smallest absolute Gasteiger partial charge is 0.0127 e.